The van der Waals surface area contributed by atoms with Crippen LogP contribution in [0.3, 0.4) is 0 Å². The van der Waals surface area contributed by atoms with Crippen molar-refractivity contribution < 1.29 is 9.53 Å². The van der Waals surface area contributed by atoms with Crippen LogP contribution in [0.1, 0.15) is 10.9 Å². The molecule has 0 spiro atoms. The molecule has 1 heterocycles. The van der Waals surface area contributed by atoms with Crippen LogP contribution >= 0.6 is 11.8 Å². The van der Waals surface area contributed by atoms with Gasteiger partial charge in [-0.05, 0) is 29.8 Å². The Balaban J connectivity index is 1.72. The largest absolute Gasteiger partial charge is 0.455 e. The van der Waals surface area contributed by atoms with Gasteiger partial charge in [-0.15, -0.1) is 11.8 Å². The van der Waals surface area contributed by atoms with Crippen molar-refractivity contribution in [3.63, 3.8) is 0 Å². The van der Waals surface area contributed by atoms with Gasteiger partial charge < -0.3 is 4.74 Å². The molecule has 1 fully saturated rings. The lowest BCUT2D eigenvalue weighted by atomic mass is 10.2. The number of hydrogen-bond donors (Lipinski definition) is 0. The van der Waals surface area contributed by atoms with E-state index >= 15 is 0 Å². The van der Waals surface area contributed by atoms with Crippen molar-refractivity contribution in [2.24, 2.45) is 0 Å². The van der Waals surface area contributed by atoms with E-state index in [2.05, 4.69) is 12.1 Å². The third-order valence-electron chi connectivity index (χ3n) is 4.05. The average molecular weight is 347 g/mol. The Morgan fingerprint density at radius 1 is 0.840 bits per heavy atom. The zero-order valence-corrected chi connectivity index (χ0v) is 14.4. The Hall–Kier alpha value is -2.72. The molecule has 1 amide bonds. The van der Waals surface area contributed by atoms with E-state index in [4.69, 9.17) is 4.74 Å². The molecule has 4 heteroatoms. The van der Waals surface area contributed by atoms with E-state index < -0.39 is 0 Å². The van der Waals surface area contributed by atoms with E-state index in [1.165, 1.54) is 0 Å². The number of nitrogens with zero attached hydrogens (tertiary/aromatic N) is 1. The number of carbonyl (C=O) groups is 1. The molecule has 0 N–H and O–H groups in total. The van der Waals surface area contributed by atoms with Crippen LogP contribution in [-0.2, 0) is 4.79 Å². The van der Waals surface area contributed by atoms with Crippen molar-refractivity contribution >= 4 is 23.4 Å². The predicted octanol–water partition coefficient (Wildman–Crippen LogP) is 5.26. The third kappa shape index (κ3) is 3.26. The maximum atomic E-state index is 12.6. The van der Waals surface area contributed by atoms with Gasteiger partial charge in [0.2, 0.25) is 5.91 Å². The van der Waals surface area contributed by atoms with Crippen molar-refractivity contribution in [1.82, 2.24) is 0 Å². The molecule has 0 aliphatic carbocycles. The fraction of sp³-hybridized carbons (Fsp3) is 0.0952. The number of anilines is 1. The summed E-state index contributed by atoms with van der Waals surface area (Å²) in [6, 6.07) is 27.4. The fourth-order valence-corrected chi connectivity index (χ4v) is 4.08. The summed E-state index contributed by atoms with van der Waals surface area (Å²) in [5, 5.41) is -0.0331. The van der Waals surface area contributed by atoms with Gasteiger partial charge in [0.25, 0.3) is 0 Å². The van der Waals surface area contributed by atoms with Crippen molar-refractivity contribution in [3.05, 3.63) is 90.5 Å². The highest BCUT2D eigenvalue weighted by molar-refractivity contribution is 8.00. The van der Waals surface area contributed by atoms with Crippen LogP contribution in [0.4, 0.5) is 5.69 Å². The lowest BCUT2D eigenvalue weighted by Gasteiger charge is -2.26. The molecule has 3 aromatic carbocycles. The van der Waals surface area contributed by atoms with Crippen LogP contribution in [0.5, 0.6) is 11.5 Å². The molecule has 1 atom stereocenters. The fourth-order valence-electron chi connectivity index (χ4n) is 2.91. The summed E-state index contributed by atoms with van der Waals surface area (Å²) in [5.74, 6) is 2.01. The first-order valence-corrected chi connectivity index (χ1v) is 9.18. The molecular weight excluding hydrogens is 330 g/mol. The van der Waals surface area contributed by atoms with Gasteiger partial charge in [-0.3, -0.25) is 9.69 Å². The summed E-state index contributed by atoms with van der Waals surface area (Å²) in [6.07, 6.45) is 0. The highest BCUT2D eigenvalue weighted by Gasteiger charge is 2.35. The first-order valence-electron chi connectivity index (χ1n) is 8.13. The Kier molecular flexibility index (Phi) is 4.44. The number of carbonyl (C=O) groups excluding carboxylic acids is 1. The number of hydrogen-bond acceptors (Lipinski definition) is 3. The van der Waals surface area contributed by atoms with E-state index in [0.29, 0.717) is 11.5 Å². The lowest BCUT2D eigenvalue weighted by molar-refractivity contribution is -0.115. The number of benzene rings is 3. The van der Waals surface area contributed by atoms with E-state index in [-0.39, 0.29) is 11.3 Å². The van der Waals surface area contributed by atoms with E-state index in [0.717, 1.165) is 17.0 Å². The quantitative estimate of drug-likeness (QED) is 0.645. The minimum atomic E-state index is -0.0331. The molecule has 25 heavy (non-hydrogen) atoms. The van der Waals surface area contributed by atoms with E-state index in [9.17, 15) is 4.79 Å². The van der Waals surface area contributed by atoms with Gasteiger partial charge in [0.1, 0.15) is 11.1 Å². The van der Waals surface area contributed by atoms with Gasteiger partial charge in [-0.25, -0.2) is 0 Å². The SMILES string of the molecule is O=C1CS[C@@H](c2ccccc2)N1c1ccccc1Oc1ccccc1. The van der Waals surface area contributed by atoms with Gasteiger partial charge in [0.15, 0.2) is 5.75 Å². The van der Waals surface area contributed by atoms with Gasteiger partial charge in [-0.2, -0.15) is 0 Å². The first kappa shape index (κ1) is 15.8. The number of para-hydroxylation sites is 3. The minimum Gasteiger partial charge on any atom is -0.455 e. The maximum Gasteiger partial charge on any atom is 0.238 e. The highest BCUT2D eigenvalue weighted by Crippen LogP contribution is 2.45. The Morgan fingerprint density at radius 3 is 2.24 bits per heavy atom. The van der Waals surface area contributed by atoms with Crippen LogP contribution in [0, 0.1) is 0 Å². The second-order valence-corrected chi connectivity index (χ2v) is 6.79. The Bertz CT molecular complexity index is 867. The topological polar surface area (TPSA) is 29.5 Å². The molecule has 1 aliphatic heterocycles. The summed E-state index contributed by atoms with van der Waals surface area (Å²) in [6.45, 7) is 0. The second kappa shape index (κ2) is 7.03. The van der Waals surface area contributed by atoms with Crippen molar-refractivity contribution in [3.8, 4) is 11.5 Å². The number of thioether (sulfide) groups is 1. The molecule has 0 aromatic heterocycles. The number of rotatable bonds is 4. The maximum absolute atomic E-state index is 12.6. The Labute approximate surface area is 151 Å². The zero-order valence-electron chi connectivity index (χ0n) is 13.5. The molecule has 4 rings (SSSR count). The molecule has 3 aromatic rings. The molecule has 0 unspecified atom stereocenters. The highest BCUT2D eigenvalue weighted by atomic mass is 32.2. The van der Waals surface area contributed by atoms with Crippen LogP contribution in [0.25, 0.3) is 0 Å². The summed E-state index contributed by atoms with van der Waals surface area (Å²) < 4.78 is 6.05. The summed E-state index contributed by atoms with van der Waals surface area (Å²) in [7, 11) is 0. The second-order valence-electron chi connectivity index (χ2n) is 5.72. The van der Waals surface area contributed by atoms with Crippen LogP contribution in [-0.4, -0.2) is 11.7 Å². The van der Waals surface area contributed by atoms with E-state index in [1.54, 1.807) is 11.8 Å². The van der Waals surface area contributed by atoms with Crippen molar-refractivity contribution in [2.45, 2.75) is 5.37 Å². The van der Waals surface area contributed by atoms with Crippen LogP contribution in [0.15, 0.2) is 84.9 Å². The molecule has 1 aliphatic rings. The summed E-state index contributed by atoms with van der Waals surface area (Å²) in [5.41, 5.74) is 1.92. The smallest absolute Gasteiger partial charge is 0.238 e. The molecule has 3 nitrogen and oxygen atoms in total. The average Bonchev–Trinajstić information content (AvgIpc) is 3.05. The predicted molar refractivity (Wildman–Crippen MR) is 102 cm³/mol. The minimum absolute atomic E-state index is 0.0331. The molecule has 0 radical (unpaired) electrons. The molecule has 0 bridgehead atoms. The molecule has 124 valence electrons. The van der Waals surface area contributed by atoms with Gasteiger partial charge >= 0.3 is 0 Å². The molecule has 0 saturated carbocycles. The Morgan fingerprint density at radius 2 is 1.48 bits per heavy atom. The van der Waals surface area contributed by atoms with Crippen molar-refractivity contribution in [2.75, 3.05) is 10.7 Å². The summed E-state index contributed by atoms with van der Waals surface area (Å²) >= 11 is 1.64. The van der Waals surface area contributed by atoms with Crippen LogP contribution < -0.4 is 9.64 Å². The monoisotopic (exact) mass is 347 g/mol. The third-order valence-corrected chi connectivity index (χ3v) is 5.26. The number of amides is 1. The summed E-state index contributed by atoms with van der Waals surface area (Å²) in [4.78, 5) is 14.5. The van der Waals surface area contributed by atoms with Crippen molar-refractivity contribution in [1.29, 1.82) is 0 Å². The van der Waals surface area contributed by atoms with Gasteiger partial charge in [-0.1, -0.05) is 60.7 Å². The molecule has 1 saturated heterocycles. The molecular formula is C21H17NO2S. The van der Waals surface area contributed by atoms with Crippen LogP contribution in [0.2, 0.25) is 0 Å². The first-order chi connectivity index (χ1) is 12.3. The normalized spacial score (nSPS) is 16.9. The number of ether oxygens (including phenoxy) is 1. The van der Waals surface area contributed by atoms with Gasteiger partial charge in [0, 0.05) is 0 Å². The van der Waals surface area contributed by atoms with E-state index in [1.807, 2.05) is 77.7 Å². The standard InChI is InChI=1S/C21H17NO2S/c23-20-15-25-21(16-9-3-1-4-10-16)22(20)18-13-7-8-14-19(18)24-17-11-5-2-6-12-17/h1-14,21H,15H2/t21-/m0/s1. The van der Waals surface area contributed by atoms with Gasteiger partial charge in [0.05, 0.1) is 11.4 Å². The zero-order chi connectivity index (χ0) is 17.1. The lowest BCUT2D eigenvalue weighted by Crippen LogP contribution is -2.28.